The van der Waals surface area contributed by atoms with Gasteiger partial charge < -0.3 is 9.64 Å². The molecule has 2 aromatic rings. The lowest BCUT2D eigenvalue weighted by molar-refractivity contribution is 0.122. The third kappa shape index (κ3) is 5.06. The van der Waals surface area contributed by atoms with Gasteiger partial charge in [0, 0.05) is 18.7 Å². The lowest BCUT2D eigenvalue weighted by atomic mass is 10.2. The summed E-state index contributed by atoms with van der Waals surface area (Å²) in [5.41, 5.74) is 0.0855. The van der Waals surface area contributed by atoms with Crippen molar-refractivity contribution in [2.45, 2.75) is 0 Å². The number of sulfonamides is 1. The van der Waals surface area contributed by atoms with E-state index in [0.717, 1.165) is 16.1 Å². The van der Waals surface area contributed by atoms with Crippen LogP contribution >= 0.6 is 0 Å². The second-order valence-corrected chi connectivity index (χ2v) is 7.72. The summed E-state index contributed by atoms with van der Waals surface area (Å²) in [6.07, 6.45) is 1.03. The first-order valence-electron chi connectivity index (χ1n) is 8.26. The van der Waals surface area contributed by atoms with E-state index in [0.29, 0.717) is 26.3 Å². The number of H-pyrrole nitrogens is 1. The Kier molecular flexibility index (Phi) is 5.73. The SMILES string of the molecule is CS(=O)(=O)N(CC#Cc1ccccc1)c1nc(N2CCOCC2)nc(=O)[nH]1. The van der Waals surface area contributed by atoms with Crippen LogP contribution in [-0.2, 0) is 14.8 Å². The van der Waals surface area contributed by atoms with Gasteiger partial charge in [-0.25, -0.2) is 17.5 Å². The Hall–Kier alpha value is -2.90. The average molecular weight is 389 g/mol. The van der Waals surface area contributed by atoms with Gasteiger partial charge in [0.2, 0.25) is 21.9 Å². The van der Waals surface area contributed by atoms with E-state index in [1.807, 2.05) is 30.3 Å². The van der Waals surface area contributed by atoms with Crippen molar-refractivity contribution in [3.05, 3.63) is 46.4 Å². The van der Waals surface area contributed by atoms with Gasteiger partial charge in [0.15, 0.2) is 0 Å². The Morgan fingerprint density at radius 1 is 1.22 bits per heavy atom. The fourth-order valence-electron chi connectivity index (χ4n) is 2.47. The van der Waals surface area contributed by atoms with Crippen molar-refractivity contribution in [1.82, 2.24) is 15.0 Å². The zero-order valence-electron chi connectivity index (χ0n) is 14.8. The molecule has 0 bridgehead atoms. The number of ether oxygens (including phenoxy) is 1. The molecule has 2 heterocycles. The molecule has 0 amide bonds. The smallest absolute Gasteiger partial charge is 0.351 e. The number of benzene rings is 1. The Morgan fingerprint density at radius 2 is 1.93 bits per heavy atom. The molecule has 0 atom stereocenters. The van der Waals surface area contributed by atoms with Crippen LogP contribution in [0.2, 0.25) is 0 Å². The first kappa shape index (κ1) is 18.9. The molecule has 0 unspecified atom stereocenters. The predicted octanol–water partition coefficient (Wildman–Crippen LogP) is -0.181. The molecule has 1 saturated heterocycles. The van der Waals surface area contributed by atoms with Gasteiger partial charge in [-0.2, -0.15) is 9.97 Å². The summed E-state index contributed by atoms with van der Waals surface area (Å²) in [6, 6.07) is 9.19. The van der Waals surface area contributed by atoms with Crippen LogP contribution in [0.5, 0.6) is 0 Å². The summed E-state index contributed by atoms with van der Waals surface area (Å²) in [7, 11) is -3.71. The number of anilines is 2. The molecule has 1 aromatic carbocycles. The molecule has 1 N–H and O–H groups in total. The highest BCUT2D eigenvalue weighted by Gasteiger charge is 2.22. The van der Waals surface area contributed by atoms with Crippen molar-refractivity contribution in [3.63, 3.8) is 0 Å². The van der Waals surface area contributed by atoms with E-state index in [4.69, 9.17) is 4.74 Å². The highest BCUT2D eigenvalue weighted by atomic mass is 32.2. The summed E-state index contributed by atoms with van der Waals surface area (Å²) >= 11 is 0. The normalized spacial score (nSPS) is 14.3. The second kappa shape index (κ2) is 8.20. The van der Waals surface area contributed by atoms with Crippen LogP contribution in [0.4, 0.5) is 11.9 Å². The molecule has 0 aliphatic carbocycles. The minimum absolute atomic E-state index is 0.110. The van der Waals surface area contributed by atoms with Crippen LogP contribution in [0.15, 0.2) is 35.1 Å². The van der Waals surface area contributed by atoms with Gasteiger partial charge in [-0.05, 0) is 12.1 Å². The Labute approximate surface area is 157 Å². The predicted molar refractivity (Wildman–Crippen MR) is 101 cm³/mol. The van der Waals surface area contributed by atoms with Crippen LogP contribution in [-0.4, -0.2) is 62.5 Å². The van der Waals surface area contributed by atoms with Crippen LogP contribution in [0, 0.1) is 11.8 Å². The highest BCUT2D eigenvalue weighted by Crippen LogP contribution is 2.14. The van der Waals surface area contributed by atoms with E-state index >= 15 is 0 Å². The molecule has 27 heavy (non-hydrogen) atoms. The monoisotopic (exact) mass is 389 g/mol. The zero-order chi connectivity index (χ0) is 19.3. The summed E-state index contributed by atoms with van der Waals surface area (Å²) in [6.45, 7) is 1.88. The van der Waals surface area contributed by atoms with E-state index in [9.17, 15) is 13.2 Å². The van der Waals surface area contributed by atoms with Crippen LogP contribution in [0.25, 0.3) is 0 Å². The van der Waals surface area contributed by atoms with Crippen molar-refractivity contribution in [2.24, 2.45) is 0 Å². The van der Waals surface area contributed by atoms with Gasteiger partial charge >= 0.3 is 5.69 Å². The fraction of sp³-hybridized carbons (Fsp3) is 0.353. The van der Waals surface area contributed by atoms with E-state index in [2.05, 4.69) is 26.8 Å². The average Bonchev–Trinajstić information content (AvgIpc) is 2.65. The number of morpholine rings is 1. The standard InChI is InChI=1S/C17H19N5O4S/c1-27(24,25)22(9-5-8-14-6-3-2-4-7-14)16-18-15(19-17(23)20-16)21-10-12-26-13-11-21/h2-4,6-7H,9-13H2,1H3,(H,18,19,20,23). The number of aromatic nitrogens is 3. The lowest BCUT2D eigenvalue weighted by Crippen LogP contribution is -2.40. The third-order valence-electron chi connectivity index (χ3n) is 3.79. The topological polar surface area (TPSA) is 108 Å². The molecule has 1 aliphatic heterocycles. The summed E-state index contributed by atoms with van der Waals surface area (Å²) in [5, 5.41) is 0. The molecule has 1 fully saturated rings. The number of hydrogen-bond donors (Lipinski definition) is 1. The molecule has 0 saturated carbocycles. The molecule has 0 radical (unpaired) electrons. The quantitative estimate of drug-likeness (QED) is 0.723. The molecule has 3 rings (SSSR count). The van der Waals surface area contributed by atoms with E-state index < -0.39 is 15.7 Å². The summed E-state index contributed by atoms with van der Waals surface area (Å²) in [4.78, 5) is 24.2. The maximum atomic E-state index is 12.2. The molecular formula is C17H19N5O4S. The molecule has 1 aliphatic rings. The first-order valence-corrected chi connectivity index (χ1v) is 10.1. The van der Waals surface area contributed by atoms with Gasteiger partial charge in [0.1, 0.15) is 0 Å². The Balaban J connectivity index is 1.90. The van der Waals surface area contributed by atoms with Crippen LogP contribution in [0.3, 0.4) is 0 Å². The van der Waals surface area contributed by atoms with Gasteiger partial charge in [-0.3, -0.25) is 4.98 Å². The van der Waals surface area contributed by atoms with Gasteiger partial charge in [0.25, 0.3) is 0 Å². The molecule has 10 heteroatoms. The minimum atomic E-state index is -3.71. The van der Waals surface area contributed by atoms with Gasteiger partial charge in [0.05, 0.1) is 26.0 Å². The van der Waals surface area contributed by atoms with Gasteiger partial charge in [-0.1, -0.05) is 30.0 Å². The summed E-state index contributed by atoms with van der Waals surface area (Å²) < 4.78 is 30.7. The molecule has 0 spiro atoms. The minimum Gasteiger partial charge on any atom is -0.378 e. The largest absolute Gasteiger partial charge is 0.378 e. The molecule has 1 aromatic heterocycles. The van der Waals surface area contributed by atoms with Crippen LogP contribution < -0.4 is 14.9 Å². The maximum absolute atomic E-state index is 12.2. The molecule has 9 nitrogen and oxygen atoms in total. The molecule has 142 valence electrons. The van der Waals surface area contributed by atoms with E-state index in [-0.39, 0.29) is 18.4 Å². The summed E-state index contributed by atoms with van der Waals surface area (Å²) in [5.74, 6) is 5.76. The van der Waals surface area contributed by atoms with Crippen molar-refractivity contribution in [3.8, 4) is 11.8 Å². The zero-order valence-corrected chi connectivity index (χ0v) is 15.6. The molecular weight excluding hydrogens is 370 g/mol. The lowest BCUT2D eigenvalue weighted by Gasteiger charge is -2.27. The fourth-order valence-corrected chi connectivity index (χ4v) is 3.17. The van der Waals surface area contributed by atoms with E-state index in [1.54, 1.807) is 4.90 Å². The highest BCUT2D eigenvalue weighted by molar-refractivity contribution is 7.92. The van der Waals surface area contributed by atoms with Crippen molar-refractivity contribution in [1.29, 1.82) is 0 Å². The van der Waals surface area contributed by atoms with E-state index in [1.165, 1.54) is 0 Å². The van der Waals surface area contributed by atoms with Crippen LogP contribution in [0.1, 0.15) is 5.56 Å². The van der Waals surface area contributed by atoms with Crippen molar-refractivity contribution < 1.29 is 13.2 Å². The number of nitrogens with one attached hydrogen (secondary N) is 1. The number of hydrogen-bond acceptors (Lipinski definition) is 7. The number of aromatic amines is 1. The Bertz CT molecular complexity index is 1000. The van der Waals surface area contributed by atoms with Gasteiger partial charge in [-0.15, -0.1) is 0 Å². The van der Waals surface area contributed by atoms with Crippen molar-refractivity contribution in [2.75, 3.05) is 48.3 Å². The Morgan fingerprint density at radius 3 is 2.59 bits per heavy atom. The number of rotatable bonds is 4. The third-order valence-corrected chi connectivity index (χ3v) is 4.89. The first-order chi connectivity index (χ1) is 12.9. The maximum Gasteiger partial charge on any atom is 0.351 e. The number of nitrogens with zero attached hydrogens (tertiary/aromatic N) is 4. The van der Waals surface area contributed by atoms with Crippen molar-refractivity contribution >= 4 is 21.9 Å². The second-order valence-electron chi connectivity index (χ2n) is 5.81.